The Labute approximate surface area is 96.0 Å². The molecule has 0 spiro atoms. The van der Waals surface area contributed by atoms with Crippen molar-refractivity contribution in [3.8, 4) is 0 Å². The standard InChI is InChI=1S/C11H20N4O/c1-11(2,3)9(7-12)14-10(16)8-5-6-13-15(8)4/h5-6,9H,7,12H2,1-4H3,(H,14,16). The highest BCUT2D eigenvalue weighted by molar-refractivity contribution is 5.92. The van der Waals surface area contributed by atoms with Gasteiger partial charge in [0.2, 0.25) is 0 Å². The minimum absolute atomic E-state index is 0.0464. The zero-order valence-corrected chi connectivity index (χ0v) is 10.3. The number of rotatable bonds is 3. The van der Waals surface area contributed by atoms with Gasteiger partial charge in [-0.3, -0.25) is 9.48 Å². The number of nitrogens with one attached hydrogen (secondary N) is 1. The summed E-state index contributed by atoms with van der Waals surface area (Å²) in [6.45, 7) is 6.57. The van der Waals surface area contributed by atoms with Gasteiger partial charge in [-0.2, -0.15) is 5.10 Å². The highest BCUT2D eigenvalue weighted by atomic mass is 16.2. The van der Waals surface area contributed by atoms with Gasteiger partial charge in [0.05, 0.1) is 0 Å². The maximum atomic E-state index is 11.9. The molecule has 0 saturated heterocycles. The molecule has 0 fully saturated rings. The van der Waals surface area contributed by atoms with E-state index in [1.165, 1.54) is 0 Å². The molecule has 1 heterocycles. The molecule has 0 saturated carbocycles. The van der Waals surface area contributed by atoms with E-state index < -0.39 is 0 Å². The molecule has 0 aromatic carbocycles. The molecule has 1 unspecified atom stereocenters. The van der Waals surface area contributed by atoms with Crippen molar-refractivity contribution in [2.24, 2.45) is 18.2 Å². The van der Waals surface area contributed by atoms with Crippen LogP contribution in [-0.4, -0.2) is 28.3 Å². The Balaban J connectivity index is 2.74. The lowest BCUT2D eigenvalue weighted by molar-refractivity contribution is 0.0896. The van der Waals surface area contributed by atoms with E-state index in [0.717, 1.165) is 0 Å². The van der Waals surface area contributed by atoms with Gasteiger partial charge in [-0.25, -0.2) is 0 Å². The summed E-state index contributed by atoms with van der Waals surface area (Å²) in [6, 6.07) is 1.64. The van der Waals surface area contributed by atoms with Crippen LogP contribution in [0.1, 0.15) is 31.3 Å². The Morgan fingerprint density at radius 3 is 2.62 bits per heavy atom. The van der Waals surface area contributed by atoms with Gasteiger partial charge in [0.25, 0.3) is 5.91 Å². The number of aryl methyl sites for hydroxylation is 1. The summed E-state index contributed by atoms with van der Waals surface area (Å²) in [5.41, 5.74) is 6.15. The Bertz CT molecular complexity index is 364. The van der Waals surface area contributed by atoms with E-state index in [1.54, 1.807) is 24.0 Å². The van der Waals surface area contributed by atoms with Crippen LogP contribution < -0.4 is 11.1 Å². The Morgan fingerprint density at radius 2 is 2.25 bits per heavy atom. The zero-order valence-electron chi connectivity index (χ0n) is 10.3. The Kier molecular flexibility index (Phi) is 3.70. The molecule has 0 aliphatic heterocycles. The molecule has 1 atom stereocenters. The maximum absolute atomic E-state index is 11.9. The predicted octanol–water partition coefficient (Wildman–Crippen LogP) is 0.523. The van der Waals surface area contributed by atoms with Crippen LogP contribution in [0.5, 0.6) is 0 Å². The lowest BCUT2D eigenvalue weighted by Gasteiger charge is -2.30. The fourth-order valence-electron chi connectivity index (χ4n) is 1.46. The van der Waals surface area contributed by atoms with Crippen LogP contribution in [0, 0.1) is 5.41 Å². The SMILES string of the molecule is Cn1nccc1C(=O)NC(CN)C(C)(C)C. The summed E-state index contributed by atoms with van der Waals surface area (Å²) in [7, 11) is 1.74. The number of nitrogens with two attached hydrogens (primary N) is 1. The van der Waals surface area contributed by atoms with Crippen LogP contribution in [-0.2, 0) is 7.05 Å². The summed E-state index contributed by atoms with van der Waals surface area (Å²) in [5, 5.41) is 6.88. The average Bonchev–Trinajstić information content (AvgIpc) is 2.58. The second-order valence-corrected chi connectivity index (χ2v) is 4.97. The Hall–Kier alpha value is -1.36. The van der Waals surface area contributed by atoms with Gasteiger partial charge in [-0.1, -0.05) is 20.8 Å². The smallest absolute Gasteiger partial charge is 0.269 e. The third-order valence-electron chi connectivity index (χ3n) is 2.64. The zero-order chi connectivity index (χ0) is 12.3. The summed E-state index contributed by atoms with van der Waals surface area (Å²) >= 11 is 0. The molecule has 1 rings (SSSR count). The number of amides is 1. The van der Waals surface area contributed by atoms with Crippen molar-refractivity contribution in [2.75, 3.05) is 6.54 Å². The van der Waals surface area contributed by atoms with Gasteiger partial charge in [-0.05, 0) is 11.5 Å². The van der Waals surface area contributed by atoms with Crippen LogP contribution in [0.2, 0.25) is 0 Å². The van der Waals surface area contributed by atoms with E-state index in [1.807, 2.05) is 20.8 Å². The largest absolute Gasteiger partial charge is 0.346 e. The van der Waals surface area contributed by atoms with Gasteiger partial charge in [0.1, 0.15) is 5.69 Å². The highest BCUT2D eigenvalue weighted by Gasteiger charge is 2.25. The van der Waals surface area contributed by atoms with Crippen LogP contribution in [0.4, 0.5) is 0 Å². The van der Waals surface area contributed by atoms with E-state index in [4.69, 9.17) is 5.73 Å². The molecule has 90 valence electrons. The van der Waals surface area contributed by atoms with Crippen LogP contribution >= 0.6 is 0 Å². The van der Waals surface area contributed by atoms with Gasteiger partial charge in [0.15, 0.2) is 0 Å². The summed E-state index contributed by atoms with van der Waals surface area (Å²) in [6.07, 6.45) is 1.60. The monoisotopic (exact) mass is 224 g/mol. The van der Waals surface area contributed by atoms with Crippen LogP contribution in [0.15, 0.2) is 12.3 Å². The molecule has 1 aromatic heterocycles. The molecule has 0 aliphatic carbocycles. The van der Waals surface area contributed by atoms with Crippen molar-refractivity contribution >= 4 is 5.91 Å². The van der Waals surface area contributed by atoms with Crippen molar-refractivity contribution in [3.05, 3.63) is 18.0 Å². The first-order valence-electron chi connectivity index (χ1n) is 5.35. The van der Waals surface area contributed by atoms with Crippen molar-refractivity contribution < 1.29 is 4.79 Å². The summed E-state index contributed by atoms with van der Waals surface area (Å²) < 4.78 is 1.55. The van der Waals surface area contributed by atoms with Gasteiger partial charge >= 0.3 is 0 Å². The van der Waals surface area contributed by atoms with Crippen molar-refractivity contribution in [1.82, 2.24) is 15.1 Å². The summed E-state index contributed by atoms with van der Waals surface area (Å²) in [5.74, 6) is -0.134. The molecule has 16 heavy (non-hydrogen) atoms. The number of carbonyl (C=O) groups excluding carboxylic acids is 1. The molecule has 1 amide bonds. The first kappa shape index (κ1) is 12.7. The quantitative estimate of drug-likeness (QED) is 0.786. The van der Waals surface area contributed by atoms with E-state index >= 15 is 0 Å². The number of hydrogen-bond donors (Lipinski definition) is 2. The van der Waals surface area contributed by atoms with E-state index in [9.17, 15) is 4.79 Å². The van der Waals surface area contributed by atoms with E-state index in [-0.39, 0.29) is 17.4 Å². The number of carbonyl (C=O) groups is 1. The third kappa shape index (κ3) is 2.82. The normalized spacial score (nSPS) is 13.6. The number of hydrogen-bond acceptors (Lipinski definition) is 3. The molecular weight excluding hydrogens is 204 g/mol. The number of nitrogens with zero attached hydrogens (tertiary/aromatic N) is 2. The third-order valence-corrected chi connectivity index (χ3v) is 2.64. The van der Waals surface area contributed by atoms with E-state index in [2.05, 4.69) is 10.4 Å². The molecule has 5 nitrogen and oxygen atoms in total. The second-order valence-electron chi connectivity index (χ2n) is 4.97. The highest BCUT2D eigenvalue weighted by Crippen LogP contribution is 2.18. The van der Waals surface area contributed by atoms with Crippen LogP contribution in [0.3, 0.4) is 0 Å². The Morgan fingerprint density at radius 1 is 1.62 bits per heavy atom. The van der Waals surface area contributed by atoms with Crippen molar-refractivity contribution in [1.29, 1.82) is 0 Å². The minimum atomic E-state index is -0.134. The lowest BCUT2D eigenvalue weighted by Crippen LogP contribution is -2.48. The second kappa shape index (κ2) is 4.65. The van der Waals surface area contributed by atoms with E-state index in [0.29, 0.717) is 12.2 Å². The molecule has 0 radical (unpaired) electrons. The van der Waals surface area contributed by atoms with Gasteiger partial charge < -0.3 is 11.1 Å². The lowest BCUT2D eigenvalue weighted by atomic mass is 9.87. The first-order valence-corrected chi connectivity index (χ1v) is 5.35. The molecule has 0 bridgehead atoms. The van der Waals surface area contributed by atoms with Crippen molar-refractivity contribution in [3.63, 3.8) is 0 Å². The predicted molar refractivity (Wildman–Crippen MR) is 63.0 cm³/mol. The minimum Gasteiger partial charge on any atom is -0.346 e. The fraction of sp³-hybridized carbons (Fsp3) is 0.636. The molecule has 3 N–H and O–H groups in total. The molecule has 1 aromatic rings. The van der Waals surface area contributed by atoms with Crippen LogP contribution in [0.25, 0.3) is 0 Å². The molecule has 5 heteroatoms. The first-order chi connectivity index (χ1) is 7.36. The average molecular weight is 224 g/mol. The molecule has 0 aliphatic rings. The van der Waals surface area contributed by atoms with Gasteiger partial charge in [-0.15, -0.1) is 0 Å². The van der Waals surface area contributed by atoms with Crippen molar-refractivity contribution in [2.45, 2.75) is 26.8 Å². The van der Waals surface area contributed by atoms with Gasteiger partial charge in [0, 0.05) is 25.8 Å². The molecular formula is C11H20N4O. The number of aromatic nitrogens is 2. The fourth-order valence-corrected chi connectivity index (χ4v) is 1.46. The summed E-state index contributed by atoms with van der Waals surface area (Å²) in [4.78, 5) is 11.9. The topological polar surface area (TPSA) is 72.9 Å². The maximum Gasteiger partial charge on any atom is 0.269 e.